The van der Waals surface area contributed by atoms with Crippen LogP contribution in [0.15, 0.2) is 65.3 Å². The number of carbonyl (C=O) groups excluding carboxylic acids is 2. The average Bonchev–Trinajstić information content (AvgIpc) is 2.88. The van der Waals surface area contributed by atoms with Crippen LogP contribution in [0.3, 0.4) is 0 Å². The summed E-state index contributed by atoms with van der Waals surface area (Å²) in [6.45, 7) is 5.59. The third-order valence-electron chi connectivity index (χ3n) is 5.43. The van der Waals surface area contributed by atoms with Crippen molar-refractivity contribution >= 4 is 17.6 Å². The lowest BCUT2D eigenvalue weighted by Crippen LogP contribution is -2.25. The molecule has 3 rings (SSSR count). The summed E-state index contributed by atoms with van der Waals surface area (Å²) in [5.74, 6) is -0.361. The van der Waals surface area contributed by atoms with Crippen LogP contribution in [0.1, 0.15) is 32.3 Å². The highest BCUT2D eigenvalue weighted by molar-refractivity contribution is 5.93. The Morgan fingerprint density at radius 2 is 1.81 bits per heavy atom. The summed E-state index contributed by atoms with van der Waals surface area (Å²) in [5.41, 5.74) is 7.32. The number of benzene rings is 2. The van der Waals surface area contributed by atoms with E-state index in [4.69, 9.17) is 29.4 Å². The maximum absolute atomic E-state index is 12.7. The molecule has 10 heteroatoms. The highest BCUT2D eigenvalue weighted by Crippen LogP contribution is 2.42. The van der Waals surface area contributed by atoms with Crippen LogP contribution in [0.25, 0.3) is 0 Å². The Bertz CT molecular complexity index is 1260. The first-order chi connectivity index (χ1) is 17.8. The average molecular weight is 508 g/mol. The number of allylic oxidation sites excluding steroid dienone is 2. The van der Waals surface area contributed by atoms with Gasteiger partial charge in [-0.3, -0.25) is 4.79 Å². The lowest BCUT2D eigenvalue weighted by atomic mass is 9.83. The number of ether oxygens (including phenoxy) is 5. The summed E-state index contributed by atoms with van der Waals surface area (Å²) in [7, 11) is 1.44. The van der Waals surface area contributed by atoms with Crippen molar-refractivity contribution in [3.8, 4) is 23.3 Å². The molecule has 1 heterocycles. The van der Waals surface area contributed by atoms with Gasteiger partial charge in [-0.15, -0.1) is 0 Å². The van der Waals surface area contributed by atoms with Gasteiger partial charge in [0, 0.05) is 5.69 Å². The van der Waals surface area contributed by atoms with Crippen LogP contribution in [-0.2, 0) is 19.1 Å². The van der Waals surface area contributed by atoms with Crippen molar-refractivity contribution in [2.75, 3.05) is 32.2 Å². The van der Waals surface area contributed by atoms with E-state index in [9.17, 15) is 14.9 Å². The Kier molecular flexibility index (Phi) is 9.00. The third-order valence-corrected chi connectivity index (χ3v) is 5.43. The zero-order valence-corrected chi connectivity index (χ0v) is 21.1. The second kappa shape index (κ2) is 12.4. The number of nitrogens with two attached hydrogens (primary N) is 1. The number of nitrogens with zero attached hydrogens (tertiary/aromatic N) is 1. The van der Waals surface area contributed by atoms with E-state index in [0.717, 1.165) is 0 Å². The molecule has 0 radical (unpaired) electrons. The highest BCUT2D eigenvalue weighted by atomic mass is 16.5. The number of nitriles is 1. The van der Waals surface area contributed by atoms with Gasteiger partial charge in [0.25, 0.3) is 5.91 Å². The first-order valence-electron chi connectivity index (χ1n) is 11.6. The van der Waals surface area contributed by atoms with Crippen LogP contribution in [0, 0.1) is 11.3 Å². The van der Waals surface area contributed by atoms with Gasteiger partial charge in [0.05, 0.1) is 31.8 Å². The van der Waals surface area contributed by atoms with Crippen molar-refractivity contribution in [3.63, 3.8) is 0 Å². The van der Waals surface area contributed by atoms with E-state index in [1.165, 1.54) is 7.11 Å². The minimum Gasteiger partial charge on any atom is -0.494 e. The molecule has 1 aliphatic rings. The van der Waals surface area contributed by atoms with Crippen LogP contribution in [0.4, 0.5) is 5.69 Å². The van der Waals surface area contributed by atoms with Crippen LogP contribution in [0.5, 0.6) is 17.2 Å². The molecule has 0 saturated heterocycles. The zero-order chi connectivity index (χ0) is 26.9. The van der Waals surface area contributed by atoms with Crippen LogP contribution >= 0.6 is 0 Å². The molecule has 1 atom stereocenters. The minimum absolute atomic E-state index is 0.0686. The molecular weight excluding hydrogens is 478 g/mol. The number of hydrogen-bond donors (Lipinski definition) is 2. The number of anilines is 1. The third kappa shape index (κ3) is 6.32. The minimum atomic E-state index is -0.830. The van der Waals surface area contributed by atoms with Gasteiger partial charge in [0.1, 0.15) is 23.2 Å². The van der Waals surface area contributed by atoms with Crippen molar-refractivity contribution < 1.29 is 33.3 Å². The van der Waals surface area contributed by atoms with E-state index in [0.29, 0.717) is 35.1 Å². The van der Waals surface area contributed by atoms with Crippen molar-refractivity contribution in [2.24, 2.45) is 5.73 Å². The fourth-order valence-corrected chi connectivity index (χ4v) is 3.81. The van der Waals surface area contributed by atoms with E-state index < -0.39 is 11.9 Å². The fourth-order valence-electron chi connectivity index (χ4n) is 3.81. The fraction of sp³-hybridized carbons (Fsp3) is 0.296. The van der Waals surface area contributed by atoms with E-state index in [1.54, 1.807) is 56.3 Å². The number of rotatable bonds is 10. The maximum Gasteiger partial charge on any atom is 0.338 e. The SMILES string of the molecule is CCOC(=O)C1=C(C)OC(N)=C(C#N)C1c1ccc(OCC(=O)Nc2ccc(OCC)cc2)c(OC)c1. The summed E-state index contributed by atoms with van der Waals surface area (Å²) in [4.78, 5) is 25.1. The van der Waals surface area contributed by atoms with Gasteiger partial charge in [-0.1, -0.05) is 6.07 Å². The molecule has 0 fully saturated rings. The molecule has 37 heavy (non-hydrogen) atoms. The molecule has 0 bridgehead atoms. The molecule has 0 aromatic heterocycles. The van der Waals surface area contributed by atoms with Gasteiger partial charge in [-0.25, -0.2) is 4.79 Å². The van der Waals surface area contributed by atoms with Crippen molar-refractivity contribution in [2.45, 2.75) is 26.7 Å². The van der Waals surface area contributed by atoms with E-state index in [2.05, 4.69) is 5.32 Å². The first-order valence-corrected chi connectivity index (χ1v) is 11.6. The molecule has 2 aromatic rings. The largest absolute Gasteiger partial charge is 0.494 e. The summed E-state index contributed by atoms with van der Waals surface area (Å²) in [6, 6.07) is 13.9. The smallest absolute Gasteiger partial charge is 0.338 e. The summed E-state index contributed by atoms with van der Waals surface area (Å²) >= 11 is 0. The van der Waals surface area contributed by atoms with Crippen molar-refractivity contribution in [1.29, 1.82) is 5.26 Å². The zero-order valence-electron chi connectivity index (χ0n) is 21.1. The van der Waals surface area contributed by atoms with E-state index in [-0.39, 0.29) is 41.9 Å². The summed E-state index contributed by atoms with van der Waals surface area (Å²) in [6.07, 6.45) is 0. The predicted octanol–water partition coefficient (Wildman–Crippen LogP) is 3.76. The maximum atomic E-state index is 12.7. The monoisotopic (exact) mass is 507 g/mol. The number of nitrogens with one attached hydrogen (secondary N) is 1. The van der Waals surface area contributed by atoms with Gasteiger partial charge in [0.15, 0.2) is 18.1 Å². The van der Waals surface area contributed by atoms with Crippen LogP contribution in [-0.4, -0.2) is 38.8 Å². The molecule has 0 spiro atoms. The molecule has 10 nitrogen and oxygen atoms in total. The van der Waals surface area contributed by atoms with Gasteiger partial charge >= 0.3 is 5.97 Å². The first kappa shape index (κ1) is 26.9. The second-order valence-corrected chi connectivity index (χ2v) is 7.82. The van der Waals surface area contributed by atoms with Crippen LogP contribution in [0.2, 0.25) is 0 Å². The van der Waals surface area contributed by atoms with Gasteiger partial charge < -0.3 is 34.7 Å². The topological polar surface area (TPSA) is 142 Å². The Balaban J connectivity index is 1.80. The highest BCUT2D eigenvalue weighted by Gasteiger charge is 2.36. The molecule has 0 saturated carbocycles. The van der Waals surface area contributed by atoms with E-state index >= 15 is 0 Å². The second-order valence-electron chi connectivity index (χ2n) is 7.82. The normalized spacial score (nSPS) is 14.8. The van der Waals surface area contributed by atoms with Gasteiger partial charge in [-0.05, 0) is 62.7 Å². The predicted molar refractivity (Wildman–Crippen MR) is 135 cm³/mol. The molecule has 2 aromatic carbocycles. The summed E-state index contributed by atoms with van der Waals surface area (Å²) in [5, 5.41) is 12.5. The Morgan fingerprint density at radius 3 is 2.43 bits per heavy atom. The molecule has 1 aliphatic heterocycles. The molecular formula is C27H29N3O7. The number of methoxy groups -OCH3 is 1. The quantitative estimate of drug-likeness (QED) is 0.460. The van der Waals surface area contributed by atoms with Gasteiger partial charge in [0.2, 0.25) is 5.88 Å². The lowest BCUT2D eigenvalue weighted by Gasteiger charge is -2.27. The van der Waals surface area contributed by atoms with Crippen LogP contribution < -0.4 is 25.3 Å². The Morgan fingerprint density at radius 1 is 1.08 bits per heavy atom. The molecule has 3 N–H and O–H groups in total. The Labute approximate surface area is 215 Å². The number of esters is 1. The molecule has 194 valence electrons. The number of hydrogen-bond acceptors (Lipinski definition) is 9. The number of carbonyl (C=O) groups is 2. The van der Waals surface area contributed by atoms with Gasteiger partial charge in [-0.2, -0.15) is 5.26 Å². The summed E-state index contributed by atoms with van der Waals surface area (Å²) < 4.78 is 27.2. The molecule has 0 aliphatic carbocycles. The standard InChI is InChI=1S/C27H29N3O7/c1-5-34-19-10-8-18(9-11-19)30-23(31)15-36-21-12-7-17(13-22(21)33-4)25-20(14-28)26(29)37-16(3)24(25)27(32)35-6-2/h7-13,25H,5-6,15,29H2,1-4H3,(H,30,31). The molecule has 1 amide bonds. The van der Waals surface area contributed by atoms with E-state index in [1.807, 2.05) is 13.0 Å². The molecule has 1 unspecified atom stereocenters. The van der Waals surface area contributed by atoms with Crippen molar-refractivity contribution in [1.82, 2.24) is 0 Å². The Hall–Kier alpha value is -4.65. The van der Waals surface area contributed by atoms with Crippen molar-refractivity contribution in [3.05, 3.63) is 70.8 Å². The number of amides is 1. The lowest BCUT2D eigenvalue weighted by molar-refractivity contribution is -0.139.